The molecule has 0 saturated heterocycles. The minimum Gasteiger partial charge on any atom is -0.365 e. The van der Waals surface area contributed by atoms with Crippen LogP contribution >= 0.6 is 11.3 Å². The molecular formula is C18H17N3O3S. The first-order valence-corrected chi connectivity index (χ1v) is 8.44. The van der Waals surface area contributed by atoms with E-state index in [0.29, 0.717) is 27.6 Å². The molecular weight excluding hydrogens is 338 g/mol. The lowest BCUT2D eigenvalue weighted by atomic mass is 10.1. The van der Waals surface area contributed by atoms with Gasteiger partial charge in [0.25, 0.3) is 11.8 Å². The van der Waals surface area contributed by atoms with Gasteiger partial charge in [-0.05, 0) is 26.3 Å². The van der Waals surface area contributed by atoms with E-state index >= 15 is 0 Å². The molecule has 7 heteroatoms. The average Bonchev–Trinajstić information content (AvgIpc) is 3.08. The van der Waals surface area contributed by atoms with Gasteiger partial charge in [-0.2, -0.15) is 0 Å². The van der Waals surface area contributed by atoms with E-state index in [1.165, 1.54) is 11.3 Å². The predicted molar refractivity (Wildman–Crippen MR) is 96.9 cm³/mol. The molecule has 0 aliphatic heterocycles. The van der Waals surface area contributed by atoms with Crippen molar-refractivity contribution in [1.82, 2.24) is 5.16 Å². The second kappa shape index (κ2) is 6.52. The highest BCUT2D eigenvalue weighted by Crippen LogP contribution is 2.33. The normalized spacial score (nSPS) is 10.7. The summed E-state index contributed by atoms with van der Waals surface area (Å²) in [7, 11) is 0. The summed E-state index contributed by atoms with van der Waals surface area (Å²) < 4.78 is 5.22. The van der Waals surface area contributed by atoms with Crippen LogP contribution < -0.4 is 11.1 Å². The molecule has 0 unspecified atom stereocenters. The van der Waals surface area contributed by atoms with E-state index in [-0.39, 0.29) is 5.91 Å². The number of nitrogens with zero attached hydrogens (tertiary/aromatic N) is 1. The topological polar surface area (TPSA) is 98.2 Å². The molecule has 0 atom stereocenters. The van der Waals surface area contributed by atoms with Crippen LogP contribution in [0.25, 0.3) is 11.3 Å². The van der Waals surface area contributed by atoms with Crippen molar-refractivity contribution in [3.63, 3.8) is 0 Å². The third-order valence-electron chi connectivity index (χ3n) is 4.00. The van der Waals surface area contributed by atoms with Crippen LogP contribution in [0.3, 0.4) is 0 Å². The molecule has 128 valence electrons. The number of primary amides is 1. The molecule has 2 amide bonds. The van der Waals surface area contributed by atoms with Gasteiger partial charge < -0.3 is 15.6 Å². The number of rotatable bonds is 4. The monoisotopic (exact) mass is 355 g/mol. The lowest BCUT2D eigenvalue weighted by Gasteiger charge is -2.06. The number of carbonyl (C=O) groups is 2. The van der Waals surface area contributed by atoms with Gasteiger partial charge in [-0.3, -0.25) is 9.59 Å². The van der Waals surface area contributed by atoms with E-state index in [0.717, 1.165) is 16.0 Å². The molecule has 0 aliphatic rings. The number of nitrogens with one attached hydrogen (secondary N) is 1. The van der Waals surface area contributed by atoms with Crippen LogP contribution in [0.15, 0.2) is 34.9 Å². The molecule has 0 aliphatic carbocycles. The van der Waals surface area contributed by atoms with Crippen LogP contribution in [0, 0.1) is 20.8 Å². The number of thiophene rings is 1. The summed E-state index contributed by atoms with van der Waals surface area (Å²) in [5.41, 5.74) is 8.15. The van der Waals surface area contributed by atoms with Crippen molar-refractivity contribution in [2.75, 3.05) is 5.32 Å². The molecule has 25 heavy (non-hydrogen) atoms. The standard InChI is InChI=1S/C18H17N3O3S/c1-9-11(3)25-18(13(9)16(19)22)20-17(23)14-10(2)24-21-15(14)12-7-5-4-6-8-12/h4-8H,1-3H3,(H2,19,22)(H,20,23). The summed E-state index contributed by atoms with van der Waals surface area (Å²) in [5, 5.41) is 7.23. The van der Waals surface area contributed by atoms with Crippen LogP contribution in [0.2, 0.25) is 0 Å². The molecule has 0 fully saturated rings. The third kappa shape index (κ3) is 3.06. The van der Waals surface area contributed by atoms with Crippen molar-refractivity contribution in [2.24, 2.45) is 5.73 Å². The zero-order valence-corrected chi connectivity index (χ0v) is 14.9. The smallest absolute Gasteiger partial charge is 0.262 e. The van der Waals surface area contributed by atoms with Crippen molar-refractivity contribution < 1.29 is 14.1 Å². The Morgan fingerprint density at radius 3 is 2.44 bits per heavy atom. The maximum Gasteiger partial charge on any atom is 0.262 e. The van der Waals surface area contributed by atoms with Gasteiger partial charge >= 0.3 is 0 Å². The fraction of sp³-hybridized carbons (Fsp3) is 0.167. The van der Waals surface area contributed by atoms with E-state index in [1.54, 1.807) is 6.92 Å². The number of hydrogen-bond donors (Lipinski definition) is 2. The first kappa shape index (κ1) is 16.9. The highest BCUT2D eigenvalue weighted by Gasteiger charge is 2.25. The van der Waals surface area contributed by atoms with Gasteiger partial charge in [-0.1, -0.05) is 35.5 Å². The summed E-state index contributed by atoms with van der Waals surface area (Å²) in [4.78, 5) is 25.5. The molecule has 2 aromatic heterocycles. The van der Waals surface area contributed by atoms with Gasteiger partial charge in [0, 0.05) is 10.4 Å². The van der Waals surface area contributed by atoms with Crippen molar-refractivity contribution in [1.29, 1.82) is 0 Å². The molecule has 6 nitrogen and oxygen atoms in total. The Hall–Kier alpha value is -2.93. The SMILES string of the molecule is Cc1onc(-c2ccccc2)c1C(=O)Nc1sc(C)c(C)c1C(N)=O. The third-order valence-corrected chi connectivity index (χ3v) is 5.12. The van der Waals surface area contributed by atoms with Gasteiger partial charge in [0.15, 0.2) is 0 Å². The molecule has 0 saturated carbocycles. The van der Waals surface area contributed by atoms with E-state index in [4.69, 9.17) is 10.3 Å². The molecule has 3 rings (SSSR count). The van der Waals surface area contributed by atoms with Gasteiger partial charge in [0.05, 0.1) is 5.56 Å². The van der Waals surface area contributed by atoms with Gasteiger partial charge in [-0.25, -0.2) is 0 Å². The van der Waals surface area contributed by atoms with Crippen LogP contribution in [-0.4, -0.2) is 17.0 Å². The molecule has 2 heterocycles. The number of carbonyl (C=O) groups excluding carboxylic acids is 2. The second-order valence-corrected chi connectivity index (χ2v) is 6.86. The Bertz CT molecular complexity index is 958. The van der Waals surface area contributed by atoms with Crippen LogP contribution in [-0.2, 0) is 0 Å². The lowest BCUT2D eigenvalue weighted by Crippen LogP contribution is -2.18. The maximum absolute atomic E-state index is 12.8. The van der Waals surface area contributed by atoms with Gasteiger partial charge in [0.1, 0.15) is 22.0 Å². The summed E-state index contributed by atoms with van der Waals surface area (Å²) in [6.07, 6.45) is 0. The Balaban J connectivity index is 2.00. The van der Waals surface area contributed by atoms with Crippen molar-refractivity contribution in [3.8, 4) is 11.3 Å². The number of nitrogens with two attached hydrogens (primary N) is 1. The zero-order chi connectivity index (χ0) is 18.1. The highest BCUT2D eigenvalue weighted by atomic mass is 32.1. The molecule has 3 N–H and O–H groups in total. The fourth-order valence-electron chi connectivity index (χ4n) is 2.61. The van der Waals surface area contributed by atoms with Crippen molar-refractivity contribution in [2.45, 2.75) is 20.8 Å². The number of aromatic nitrogens is 1. The summed E-state index contributed by atoms with van der Waals surface area (Å²) in [6.45, 7) is 5.36. The van der Waals surface area contributed by atoms with Crippen LogP contribution in [0.5, 0.6) is 0 Å². The van der Waals surface area contributed by atoms with E-state index in [9.17, 15) is 9.59 Å². The minimum atomic E-state index is -0.567. The number of amides is 2. The Morgan fingerprint density at radius 1 is 1.12 bits per heavy atom. The van der Waals surface area contributed by atoms with Crippen molar-refractivity contribution in [3.05, 3.63) is 57.7 Å². The molecule has 0 radical (unpaired) electrons. The quantitative estimate of drug-likeness (QED) is 0.746. The number of aryl methyl sites for hydroxylation is 2. The van der Waals surface area contributed by atoms with E-state index in [1.807, 2.05) is 44.2 Å². The number of hydrogen-bond acceptors (Lipinski definition) is 5. The molecule has 0 spiro atoms. The Morgan fingerprint density at radius 2 is 1.80 bits per heavy atom. The predicted octanol–water partition coefficient (Wildman–Crippen LogP) is 3.68. The zero-order valence-electron chi connectivity index (χ0n) is 14.0. The summed E-state index contributed by atoms with van der Waals surface area (Å²) in [6, 6.07) is 9.30. The van der Waals surface area contributed by atoms with E-state index in [2.05, 4.69) is 10.5 Å². The van der Waals surface area contributed by atoms with Gasteiger partial charge in [0.2, 0.25) is 0 Å². The van der Waals surface area contributed by atoms with Crippen LogP contribution in [0.1, 0.15) is 36.9 Å². The van der Waals surface area contributed by atoms with Crippen molar-refractivity contribution >= 4 is 28.2 Å². The summed E-state index contributed by atoms with van der Waals surface area (Å²) >= 11 is 1.32. The van der Waals surface area contributed by atoms with Gasteiger partial charge in [-0.15, -0.1) is 11.3 Å². The second-order valence-electron chi connectivity index (χ2n) is 5.63. The molecule has 3 aromatic rings. The van der Waals surface area contributed by atoms with Crippen LogP contribution in [0.4, 0.5) is 5.00 Å². The largest absolute Gasteiger partial charge is 0.365 e. The highest BCUT2D eigenvalue weighted by molar-refractivity contribution is 7.16. The average molecular weight is 355 g/mol. The maximum atomic E-state index is 12.8. The first-order valence-electron chi connectivity index (χ1n) is 7.63. The molecule has 0 bridgehead atoms. The van der Waals surface area contributed by atoms with E-state index < -0.39 is 5.91 Å². The molecule has 1 aromatic carbocycles. The Kier molecular flexibility index (Phi) is 4.41. The minimum absolute atomic E-state index is 0.338. The Labute approximate surface area is 148 Å². The fourth-order valence-corrected chi connectivity index (χ4v) is 3.67. The number of anilines is 1. The lowest BCUT2D eigenvalue weighted by molar-refractivity contribution is 0.100. The number of benzene rings is 1. The first-order chi connectivity index (χ1) is 11.9. The summed E-state index contributed by atoms with van der Waals surface area (Å²) in [5.74, 6) is -0.550.